The van der Waals surface area contributed by atoms with Crippen LogP contribution in [0.25, 0.3) is 11.2 Å². The Hall–Kier alpha value is -3.67. The van der Waals surface area contributed by atoms with Crippen LogP contribution in [-0.2, 0) is 4.79 Å². The largest absolute Gasteiger partial charge is 0.378 e. The molecule has 2 aromatic rings. The third-order valence-corrected chi connectivity index (χ3v) is 5.79. The topological polar surface area (TPSA) is 118 Å². The first-order chi connectivity index (χ1) is 16.0. The van der Waals surface area contributed by atoms with E-state index in [1.54, 1.807) is 17.3 Å². The van der Waals surface area contributed by atoms with E-state index in [9.17, 15) is 9.59 Å². The van der Waals surface area contributed by atoms with Crippen molar-refractivity contribution in [1.29, 1.82) is 5.26 Å². The van der Waals surface area contributed by atoms with Crippen LogP contribution in [0, 0.1) is 17.2 Å². The molecule has 9 heteroatoms. The summed E-state index contributed by atoms with van der Waals surface area (Å²) in [6.07, 6.45) is 14.9. The summed E-state index contributed by atoms with van der Waals surface area (Å²) < 4.78 is 0. The van der Waals surface area contributed by atoms with E-state index in [1.165, 1.54) is 19.3 Å². The summed E-state index contributed by atoms with van der Waals surface area (Å²) in [7, 11) is 4.00. The molecule has 1 atom stereocenters. The predicted molar refractivity (Wildman–Crippen MR) is 124 cm³/mol. The fourth-order valence-electron chi connectivity index (χ4n) is 3.54. The van der Waals surface area contributed by atoms with Gasteiger partial charge in [-0.1, -0.05) is 31.4 Å². The van der Waals surface area contributed by atoms with Crippen molar-refractivity contribution < 1.29 is 9.59 Å². The molecule has 1 aliphatic heterocycles. The molecule has 3 aliphatic rings. The summed E-state index contributed by atoms with van der Waals surface area (Å²) in [5, 5.41) is 11.4. The summed E-state index contributed by atoms with van der Waals surface area (Å²) >= 11 is 0. The van der Waals surface area contributed by atoms with Crippen LogP contribution in [0.1, 0.15) is 47.7 Å². The zero-order valence-corrected chi connectivity index (χ0v) is 19.0. The van der Waals surface area contributed by atoms with Gasteiger partial charge in [-0.3, -0.25) is 9.59 Å². The average molecular weight is 448 g/mol. The van der Waals surface area contributed by atoms with Crippen molar-refractivity contribution >= 4 is 23.0 Å². The molecule has 1 saturated heterocycles. The van der Waals surface area contributed by atoms with Crippen molar-refractivity contribution in [2.75, 3.05) is 33.7 Å². The molecule has 3 heterocycles. The minimum Gasteiger partial charge on any atom is -0.378 e. The van der Waals surface area contributed by atoms with Gasteiger partial charge >= 0.3 is 0 Å². The number of allylic oxidation sites excluding steroid dienone is 3. The van der Waals surface area contributed by atoms with Crippen LogP contribution in [-0.4, -0.2) is 70.3 Å². The average Bonchev–Trinajstić information content (AvgIpc) is 3.62. The maximum absolute atomic E-state index is 12.6. The molecule has 33 heavy (non-hydrogen) atoms. The zero-order chi connectivity index (χ0) is 23.4. The highest BCUT2D eigenvalue weighted by Crippen LogP contribution is 2.27. The molecule has 5 rings (SSSR count). The fraction of sp³-hybridized carbons (Fsp3) is 0.458. The molecule has 0 spiro atoms. The van der Waals surface area contributed by atoms with Gasteiger partial charge in [0.1, 0.15) is 5.52 Å². The highest BCUT2D eigenvalue weighted by molar-refractivity contribution is 6.05. The number of fused-ring (bicyclic) bond motifs is 1. The molecule has 2 aliphatic carbocycles. The van der Waals surface area contributed by atoms with Crippen LogP contribution in [0.5, 0.6) is 0 Å². The van der Waals surface area contributed by atoms with Gasteiger partial charge in [-0.05, 0) is 12.5 Å². The Kier molecular flexibility index (Phi) is 6.73. The second-order valence-electron chi connectivity index (χ2n) is 8.79. The number of aromatic nitrogens is 3. The van der Waals surface area contributed by atoms with Crippen molar-refractivity contribution in [2.24, 2.45) is 5.92 Å². The number of nitriles is 1. The van der Waals surface area contributed by atoms with Gasteiger partial charge in [0.05, 0.1) is 36.0 Å². The molecule has 1 unspecified atom stereocenters. The molecule has 0 radical (unpaired) electrons. The Morgan fingerprint density at radius 1 is 1.30 bits per heavy atom. The maximum Gasteiger partial charge on any atom is 0.255 e. The molecule has 1 saturated carbocycles. The van der Waals surface area contributed by atoms with Crippen molar-refractivity contribution in [3.63, 3.8) is 0 Å². The Labute approximate surface area is 193 Å². The highest BCUT2D eigenvalue weighted by atomic mass is 16.2. The van der Waals surface area contributed by atoms with Crippen molar-refractivity contribution in [3.05, 3.63) is 47.6 Å². The maximum atomic E-state index is 12.6. The third-order valence-electron chi connectivity index (χ3n) is 5.79. The number of nitrogens with one attached hydrogen (secondary N) is 2. The standard InChI is InChI=1S/C21H23N7O2.C3H6/c1-27(2)15-5-3-14(4-6-15)17-9-24-20-19(26-17)16(8-23-20)21(30)25-10-18(29)28-11-13(7-22)12-28;1-2-3-1/h3,5-6,8-9,13-14H,4,10-12H2,1-2H3,(H,23,24)(H,25,30);1-3H2. The number of amides is 2. The number of carbonyl (C=O) groups is 2. The third kappa shape index (κ3) is 5.40. The normalized spacial score (nSPS) is 19.0. The van der Waals surface area contributed by atoms with Gasteiger partial charge in [-0.2, -0.15) is 5.26 Å². The molecule has 0 aromatic carbocycles. The van der Waals surface area contributed by atoms with E-state index in [0.717, 1.165) is 17.8 Å². The molecule has 2 amide bonds. The second-order valence-corrected chi connectivity index (χ2v) is 8.79. The number of rotatable bonds is 5. The van der Waals surface area contributed by atoms with E-state index in [0.29, 0.717) is 29.8 Å². The number of likely N-dealkylation sites (N-methyl/N-ethyl adjacent to an activating group) is 1. The minimum absolute atomic E-state index is 0.0949. The monoisotopic (exact) mass is 447 g/mol. The summed E-state index contributed by atoms with van der Waals surface area (Å²) in [5.74, 6) is -0.591. The number of H-pyrrole nitrogens is 1. The number of hydrogen-bond donors (Lipinski definition) is 2. The smallest absolute Gasteiger partial charge is 0.255 e. The molecule has 2 N–H and O–H groups in total. The number of carbonyl (C=O) groups excluding carboxylic acids is 2. The van der Waals surface area contributed by atoms with Gasteiger partial charge in [0.15, 0.2) is 5.65 Å². The van der Waals surface area contributed by atoms with Gasteiger partial charge in [-0.15, -0.1) is 0 Å². The van der Waals surface area contributed by atoms with E-state index >= 15 is 0 Å². The molecule has 2 aromatic heterocycles. The Morgan fingerprint density at radius 2 is 2.06 bits per heavy atom. The van der Waals surface area contributed by atoms with Crippen LogP contribution < -0.4 is 5.32 Å². The summed E-state index contributed by atoms with van der Waals surface area (Å²) in [6.45, 7) is 0.734. The lowest BCUT2D eigenvalue weighted by Crippen LogP contribution is -2.52. The quantitative estimate of drug-likeness (QED) is 0.726. The highest BCUT2D eigenvalue weighted by Gasteiger charge is 2.30. The van der Waals surface area contributed by atoms with Gasteiger partial charge in [0.2, 0.25) is 5.91 Å². The number of hydrogen-bond acceptors (Lipinski definition) is 6. The molecule has 2 fully saturated rings. The van der Waals surface area contributed by atoms with Crippen LogP contribution >= 0.6 is 0 Å². The van der Waals surface area contributed by atoms with Gasteiger partial charge in [0, 0.05) is 45.0 Å². The van der Waals surface area contributed by atoms with E-state index in [1.807, 2.05) is 14.1 Å². The summed E-state index contributed by atoms with van der Waals surface area (Å²) in [6, 6.07) is 2.12. The van der Waals surface area contributed by atoms with Crippen molar-refractivity contribution in [3.8, 4) is 6.07 Å². The van der Waals surface area contributed by atoms with Gasteiger partial charge in [-0.25, -0.2) is 9.97 Å². The first-order valence-electron chi connectivity index (χ1n) is 11.3. The zero-order valence-electron chi connectivity index (χ0n) is 19.0. The van der Waals surface area contributed by atoms with Gasteiger partial charge < -0.3 is 20.1 Å². The molecule has 172 valence electrons. The van der Waals surface area contributed by atoms with E-state index in [2.05, 4.69) is 49.5 Å². The second kappa shape index (κ2) is 9.86. The molecule has 0 bridgehead atoms. The Morgan fingerprint density at radius 3 is 2.67 bits per heavy atom. The van der Waals surface area contributed by atoms with E-state index in [-0.39, 0.29) is 30.2 Å². The number of likely N-dealkylation sites (tertiary alicyclic amines) is 1. The SMILES string of the molecule is C1CC1.CN(C)C1=CCC(c2cnc3[nH]cc(C(=O)NCC(=O)N4CC(C#N)C4)c3n2)C=C1. The summed E-state index contributed by atoms with van der Waals surface area (Å²) in [4.78, 5) is 40.4. The molecular formula is C24H29N7O2. The van der Waals surface area contributed by atoms with Crippen LogP contribution in [0.4, 0.5) is 0 Å². The van der Waals surface area contributed by atoms with Crippen LogP contribution in [0.2, 0.25) is 0 Å². The summed E-state index contributed by atoms with van der Waals surface area (Å²) in [5.41, 5.74) is 3.31. The van der Waals surface area contributed by atoms with E-state index < -0.39 is 0 Å². The number of nitrogens with zero attached hydrogens (tertiary/aromatic N) is 5. The lowest BCUT2D eigenvalue weighted by Gasteiger charge is -2.35. The van der Waals surface area contributed by atoms with E-state index in [4.69, 9.17) is 5.26 Å². The molecular weight excluding hydrogens is 418 g/mol. The fourth-order valence-corrected chi connectivity index (χ4v) is 3.54. The Bertz CT molecular complexity index is 1130. The van der Waals surface area contributed by atoms with Crippen molar-refractivity contribution in [2.45, 2.75) is 31.6 Å². The Balaban J connectivity index is 0.000000799. The first-order valence-corrected chi connectivity index (χ1v) is 11.3. The number of aromatic amines is 1. The minimum atomic E-state index is -0.382. The van der Waals surface area contributed by atoms with Gasteiger partial charge in [0.25, 0.3) is 5.91 Å². The lowest BCUT2D eigenvalue weighted by molar-refractivity contribution is -0.135. The molecule has 9 nitrogen and oxygen atoms in total. The van der Waals surface area contributed by atoms with Crippen molar-refractivity contribution in [1.82, 2.24) is 30.1 Å². The van der Waals surface area contributed by atoms with Crippen LogP contribution in [0.15, 0.2) is 36.3 Å². The van der Waals surface area contributed by atoms with Crippen LogP contribution in [0.3, 0.4) is 0 Å². The lowest BCUT2D eigenvalue weighted by atomic mass is 9.96. The predicted octanol–water partition coefficient (Wildman–Crippen LogP) is 2.33. The first kappa shape index (κ1) is 22.5.